The van der Waals surface area contributed by atoms with E-state index in [1.165, 1.54) is 25.0 Å². The first-order chi connectivity index (χ1) is 8.93. The van der Waals surface area contributed by atoms with Crippen molar-refractivity contribution in [1.82, 2.24) is 5.32 Å². The van der Waals surface area contributed by atoms with Gasteiger partial charge in [-0.15, -0.1) is 0 Å². The summed E-state index contributed by atoms with van der Waals surface area (Å²) in [5, 5.41) is 4.28. The molecule has 1 saturated heterocycles. The van der Waals surface area contributed by atoms with Crippen molar-refractivity contribution < 1.29 is 14.2 Å². The van der Waals surface area contributed by atoms with E-state index in [9.17, 15) is 0 Å². The van der Waals surface area contributed by atoms with Crippen LogP contribution >= 0.6 is 11.8 Å². The van der Waals surface area contributed by atoms with Gasteiger partial charge in [0, 0.05) is 25.4 Å². The van der Waals surface area contributed by atoms with Gasteiger partial charge in [0.2, 0.25) is 0 Å². The molecule has 4 nitrogen and oxygen atoms in total. The second-order valence-corrected chi connectivity index (χ2v) is 5.82. The lowest BCUT2D eigenvalue weighted by Crippen LogP contribution is -2.29. The summed E-state index contributed by atoms with van der Waals surface area (Å²) in [6.45, 7) is 5.46. The van der Waals surface area contributed by atoms with Gasteiger partial charge in [0.25, 0.3) is 0 Å². The van der Waals surface area contributed by atoms with Crippen molar-refractivity contribution in [1.29, 1.82) is 0 Å². The quantitative estimate of drug-likeness (QED) is 0.580. The molecule has 1 unspecified atom stereocenters. The van der Waals surface area contributed by atoms with Crippen LogP contribution in [0.2, 0.25) is 0 Å². The molecule has 0 saturated carbocycles. The lowest BCUT2D eigenvalue weighted by Gasteiger charge is -2.21. The van der Waals surface area contributed by atoms with Crippen LogP contribution in [0.25, 0.3) is 0 Å². The molecule has 0 aromatic rings. The highest BCUT2D eigenvalue weighted by Gasteiger charge is 2.12. The molecule has 0 aromatic carbocycles. The predicted molar refractivity (Wildman–Crippen MR) is 76.5 cm³/mol. The molecule has 5 heteroatoms. The van der Waals surface area contributed by atoms with Crippen molar-refractivity contribution in [3.8, 4) is 0 Å². The Morgan fingerprint density at radius 1 is 1.06 bits per heavy atom. The Balaban J connectivity index is 1.73. The lowest BCUT2D eigenvalue weighted by atomic mass is 10.2. The summed E-state index contributed by atoms with van der Waals surface area (Å²) < 4.78 is 15.7. The third-order valence-electron chi connectivity index (χ3n) is 2.87. The number of nitrogens with one attached hydrogen (secondary N) is 1. The maximum absolute atomic E-state index is 5.47. The van der Waals surface area contributed by atoms with Crippen LogP contribution in [-0.4, -0.2) is 64.2 Å². The molecule has 0 radical (unpaired) electrons. The zero-order valence-electron chi connectivity index (χ0n) is 11.5. The fourth-order valence-corrected chi connectivity index (χ4v) is 3.11. The average molecular weight is 277 g/mol. The number of hydrogen-bond acceptors (Lipinski definition) is 5. The molecule has 1 atom stereocenters. The summed E-state index contributed by atoms with van der Waals surface area (Å²) in [4.78, 5) is 0. The van der Waals surface area contributed by atoms with E-state index in [4.69, 9.17) is 14.2 Å². The molecule has 1 aliphatic heterocycles. The maximum Gasteiger partial charge on any atom is 0.0701 e. The standard InChI is InChI=1S/C13H27NO3S/c1-15-7-8-17-10-9-16-6-5-14-12-13-4-2-3-11-18-13/h13-14H,2-12H2,1H3. The van der Waals surface area contributed by atoms with E-state index in [1.54, 1.807) is 7.11 Å². The molecule has 1 heterocycles. The van der Waals surface area contributed by atoms with Gasteiger partial charge in [-0.1, -0.05) is 6.42 Å². The number of thioether (sulfide) groups is 1. The summed E-state index contributed by atoms with van der Waals surface area (Å²) in [5.41, 5.74) is 0. The molecule has 18 heavy (non-hydrogen) atoms. The van der Waals surface area contributed by atoms with E-state index >= 15 is 0 Å². The van der Waals surface area contributed by atoms with Gasteiger partial charge in [0.1, 0.15) is 0 Å². The van der Waals surface area contributed by atoms with Crippen LogP contribution < -0.4 is 5.32 Å². The molecule has 1 aliphatic rings. The third kappa shape index (κ3) is 9.16. The molecule has 1 rings (SSSR count). The number of rotatable bonds is 11. The highest BCUT2D eigenvalue weighted by molar-refractivity contribution is 7.99. The van der Waals surface area contributed by atoms with Crippen molar-refractivity contribution in [2.45, 2.75) is 24.5 Å². The third-order valence-corrected chi connectivity index (χ3v) is 4.27. The molecule has 0 spiro atoms. The number of hydrogen-bond donors (Lipinski definition) is 1. The van der Waals surface area contributed by atoms with Gasteiger partial charge in [-0.2, -0.15) is 11.8 Å². The molecular weight excluding hydrogens is 250 g/mol. The highest BCUT2D eigenvalue weighted by Crippen LogP contribution is 2.23. The first-order valence-electron chi connectivity index (χ1n) is 6.90. The zero-order chi connectivity index (χ0) is 12.9. The first kappa shape index (κ1) is 16.2. The SMILES string of the molecule is COCCOCCOCCNCC1CCCCS1. The Labute approximate surface area is 115 Å². The Bertz CT molecular complexity index is 178. The van der Waals surface area contributed by atoms with Gasteiger partial charge < -0.3 is 19.5 Å². The van der Waals surface area contributed by atoms with Gasteiger partial charge in [-0.25, -0.2) is 0 Å². The molecule has 0 aromatic heterocycles. The monoisotopic (exact) mass is 277 g/mol. The first-order valence-corrected chi connectivity index (χ1v) is 7.95. The van der Waals surface area contributed by atoms with Gasteiger partial charge in [0.05, 0.1) is 33.0 Å². The summed E-state index contributed by atoms with van der Waals surface area (Å²) in [6.07, 6.45) is 4.16. The zero-order valence-corrected chi connectivity index (χ0v) is 12.3. The van der Waals surface area contributed by atoms with Crippen molar-refractivity contribution >= 4 is 11.8 Å². The molecule has 0 amide bonds. The van der Waals surface area contributed by atoms with E-state index in [2.05, 4.69) is 17.1 Å². The fraction of sp³-hybridized carbons (Fsp3) is 1.00. The van der Waals surface area contributed by atoms with E-state index in [1.807, 2.05) is 0 Å². The predicted octanol–water partition coefficient (Wildman–Crippen LogP) is 1.54. The van der Waals surface area contributed by atoms with Crippen LogP contribution in [0.3, 0.4) is 0 Å². The minimum Gasteiger partial charge on any atom is -0.382 e. The minimum atomic E-state index is 0.650. The molecule has 1 fully saturated rings. The van der Waals surface area contributed by atoms with Crippen LogP contribution in [0, 0.1) is 0 Å². The van der Waals surface area contributed by atoms with Crippen LogP contribution in [0.1, 0.15) is 19.3 Å². The molecule has 1 N–H and O–H groups in total. The Hall–Kier alpha value is 0.190. The van der Waals surface area contributed by atoms with Crippen molar-refractivity contribution in [2.24, 2.45) is 0 Å². The Kier molecular flexibility index (Phi) is 11.0. The van der Waals surface area contributed by atoms with Gasteiger partial charge in [-0.3, -0.25) is 0 Å². The summed E-state index contributed by atoms with van der Waals surface area (Å²) in [7, 11) is 1.68. The largest absolute Gasteiger partial charge is 0.382 e. The van der Waals surface area contributed by atoms with E-state index in [-0.39, 0.29) is 0 Å². The van der Waals surface area contributed by atoms with Crippen molar-refractivity contribution in [2.75, 3.05) is 59.0 Å². The van der Waals surface area contributed by atoms with Gasteiger partial charge in [-0.05, 0) is 18.6 Å². The smallest absolute Gasteiger partial charge is 0.0701 e. The minimum absolute atomic E-state index is 0.650. The summed E-state index contributed by atoms with van der Waals surface area (Å²) >= 11 is 2.11. The van der Waals surface area contributed by atoms with E-state index in [0.29, 0.717) is 26.4 Å². The Morgan fingerprint density at radius 2 is 1.83 bits per heavy atom. The average Bonchev–Trinajstić information content (AvgIpc) is 2.42. The fourth-order valence-electron chi connectivity index (χ4n) is 1.84. The van der Waals surface area contributed by atoms with Crippen LogP contribution in [0.4, 0.5) is 0 Å². The second kappa shape index (κ2) is 12.2. The number of methoxy groups -OCH3 is 1. The highest BCUT2D eigenvalue weighted by atomic mass is 32.2. The van der Waals surface area contributed by atoms with Gasteiger partial charge >= 0.3 is 0 Å². The topological polar surface area (TPSA) is 39.7 Å². The van der Waals surface area contributed by atoms with E-state index in [0.717, 1.165) is 24.9 Å². The summed E-state index contributed by atoms with van der Waals surface area (Å²) in [5.74, 6) is 1.33. The van der Waals surface area contributed by atoms with Crippen molar-refractivity contribution in [3.05, 3.63) is 0 Å². The molecule has 0 bridgehead atoms. The Morgan fingerprint density at radius 3 is 2.56 bits per heavy atom. The van der Waals surface area contributed by atoms with Crippen LogP contribution in [0.5, 0.6) is 0 Å². The van der Waals surface area contributed by atoms with Crippen LogP contribution in [-0.2, 0) is 14.2 Å². The summed E-state index contributed by atoms with van der Waals surface area (Å²) in [6, 6.07) is 0. The number of ether oxygens (including phenoxy) is 3. The molecule has 0 aliphatic carbocycles. The molecular formula is C13H27NO3S. The van der Waals surface area contributed by atoms with Crippen LogP contribution in [0.15, 0.2) is 0 Å². The maximum atomic E-state index is 5.47. The van der Waals surface area contributed by atoms with Gasteiger partial charge in [0.15, 0.2) is 0 Å². The lowest BCUT2D eigenvalue weighted by molar-refractivity contribution is 0.0256. The van der Waals surface area contributed by atoms with E-state index < -0.39 is 0 Å². The normalized spacial score (nSPS) is 20.2. The van der Waals surface area contributed by atoms with Crippen molar-refractivity contribution in [3.63, 3.8) is 0 Å². The molecule has 108 valence electrons. The second-order valence-electron chi connectivity index (χ2n) is 4.41.